The number of hydrogen-bond donors (Lipinski definition) is 3. The maximum atomic E-state index is 11.7. The minimum Gasteiger partial charge on any atom is -0.478 e. The molecule has 0 radical (unpaired) electrons. The zero-order valence-corrected chi connectivity index (χ0v) is 10.8. The predicted molar refractivity (Wildman–Crippen MR) is 70.4 cm³/mol. The Labute approximate surface area is 111 Å². The Morgan fingerprint density at radius 3 is 2.42 bits per heavy atom. The Morgan fingerprint density at radius 1 is 1.26 bits per heavy atom. The molecule has 0 saturated carbocycles. The van der Waals surface area contributed by atoms with E-state index in [2.05, 4.69) is 10.6 Å². The van der Waals surface area contributed by atoms with Crippen molar-refractivity contribution in [2.75, 3.05) is 0 Å². The van der Waals surface area contributed by atoms with Crippen molar-refractivity contribution < 1.29 is 14.7 Å². The number of carbonyl (C=O) groups is 2. The lowest BCUT2D eigenvalue weighted by atomic mass is 9.92. The first-order valence-electron chi connectivity index (χ1n) is 6.10. The summed E-state index contributed by atoms with van der Waals surface area (Å²) in [5.41, 5.74) is 1.42. The number of rotatable bonds is 3. The molecule has 0 aliphatic carbocycles. The molecule has 19 heavy (non-hydrogen) atoms. The average Bonchev–Trinajstić information content (AvgIpc) is 2.38. The number of benzene rings is 1. The second kappa shape index (κ2) is 5.14. The average molecular weight is 260 g/mol. The zero-order chi connectivity index (χ0) is 14.0. The highest BCUT2D eigenvalue weighted by molar-refractivity contribution is 5.94. The smallest absolute Gasteiger partial charge is 0.335 e. The minimum atomic E-state index is -1.02. The summed E-state index contributed by atoms with van der Waals surface area (Å²) >= 11 is 0. The Hall–Kier alpha value is -2.30. The van der Waals surface area contributed by atoms with Crippen LogP contribution in [0.2, 0.25) is 0 Å². The Balaban J connectivity index is 2.54. The largest absolute Gasteiger partial charge is 0.478 e. The SMILES string of the molecule is CC(C)C1=C(C(=O)O)C(c2ccccc2)NC(=O)N1. The van der Waals surface area contributed by atoms with E-state index in [9.17, 15) is 14.7 Å². The van der Waals surface area contributed by atoms with Gasteiger partial charge in [-0.2, -0.15) is 0 Å². The molecule has 1 aromatic carbocycles. The summed E-state index contributed by atoms with van der Waals surface area (Å²) in [6.07, 6.45) is 0. The standard InChI is InChI=1S/C14H16N2O3/c1-8(2)11-10(13(17)18)12(16-14(19)15-11)9-6-4-3-5-7-9/h3-8,12H,1-2H3,(H,17,18)(H2,15,16,19). The molecule has 5 nitrogen and oxygen atoms in total. The fraction of sp³-hybridized carbons (Fsp3) is 0.286. The van der Waals surface area contributed by atoms with Crippen LogP contribution in [0.4, 0.5) is 4.79 Å². The van der Waals surface area contributed by atoms with Gasteiger partial charge in [0.05, 0.1) is 11.6 Å². The number of carboxylic acid groups (broad SMARTS) is 1. The molecule has 0 saturated heterocycles. The lowest BCUT2D eigenvalue weighted by Gasteiger charge is -2.30. The highest BCUT2D eigenvalue weighted by atomic mass is 16.4. The van der Waals surface area contributed by atoms with E-state index in [4.69, 9.17) is 0 Å². The van der Waals surface area contributed by atoms with E-state index < -0.39 is 12.0 Å². The fourth-order valence-electron chi connectivity index (χ4n) is 2.17. The lowest BCUT2D eigenvalue weighted by molar-refractivity contribution is -0.133. The molecule has 1 aliphatic heterocycles. The number of aliphatic carboxylic acids is 1. The number of allylic oxidation sites excluding steroid dienone is 1. The molecular formula is C14H16N2O3. The van der Waals surface area contributed by atoms with Crippen molar-refractivity contribution in [2.45, 2.75) is 19.9 Å². The van der Waals surface area contributed by atoms with Crippen LogP contribution >= 0.6 is 0 Å². The highest BCUT2D eigenvalue weighted by Gasteiger charge is 2.33. The van der Waals surface area contributed by atoms with Crippen LogP contribution in [-0.2, 0) is 4.79 Å². The maximum absolute atomic E-state index is 11.7. The first kappa shape index (κ1) is 13.1. The molecule has 2 rings (SSSR count). The fourth-order valence-corrected chi connectivity index (χ4v) is 2.17. The van der Waals surface area contributed by atoms with Gasteiger partial charge in [0.25, 0.3) is 0 Å². The molecule has 0 fully saturated rings. The number of carbonyl (C=O) groups excluding carboxylic acids is 1. The third-order valence-corrected chi connectivity index (χ3v) is 3.04. The molecule has 0 spiro atoms. The second-order valence-electron chi connectivity index (χ2n) is 4.73. The van der Waals surface area contributed by atoms with Crippen molar-refractivity contribution >= 4 is 12.0 Å². The summed E-state index contributed by atoms with van der Waals surface area (Å²) < 4.78 is 0. The van der Waals surface area contributed by atoms with E-state index in [1.807, 2.05) is 32.0 Å². The normalized spacial score (nSPS) is 19.1. The molecule has 3 N–H and O–H groups in total. The molecule has 1 aliphatic rings. The van der Waals surface area contributed by atoms with E-state index in [0.29, 0.717) is 5.70 Å². The van der Waals surface area contributed by atoms with Crippen LogP contribution in [-0.4, -0.2) is 17.1 Å². The van der Waals surface area contributed by atoms with Crippen LogP contribution in [0.3, 0.4) is 0 Å². The van der Waals surface area contributed by atoms with Gasteiger partial charge in [0.15, 0.2) is 0 Å². The molecule has 0 aromatic heterocycles. The number of urea groups is 1. The van der Waals surface area contributed by atoms with Crippen molar-refractivity contribution in [3.05, 3.63) is 47.2 Å². The summed E-state index contributed by atoms with van der Waals surface area (Å²) in [5, 5.41) is 14.7. The van der Waals surface area contributed by atoms with Crippen molar-refractivity contribution in [3.63, 3.8) is 0 Å². The lowest BCUT2D eigenvalue weighted by Crippen LogP contribution is -2.46. The highest BCUT2D eigenvalue weighted by Crippen LogP contribution is 2.29. The number of carboxylic acids is 1. The van der Waals surface area contributed by atoms with Gasteiger partial charge in [-0.3, -0.25) is 0 Å². The van der Waals surface area contributed by atoms with Crippen LogP contribution < -0.4 is 10.6 Å². The van der Waals surface area contributed by atoms with Crippen LogP contribution in [0.15, 0.2) is 41.6 Å². The van der Waals surface area contributed by atoms with Crippen LogP contribution in [0.5, 0.6) is 0 Å². The van der Waals surface area contributed by atoms with Gasteiger partial charge in [-0.25, -0.2) is 9.59 Å². The van der Waals surface area contributed by atoms with Gasteiger partial charge < -0.3 is 15.7 Å². The number of nitrogens with one attached hydrogen (secondary N) is 2. The summed E-state index contributed by atoms with van der Waals surface area (Å²) in [6.45, 7) is 3.71. The van der Waals surface area contributed by atoms with E-state index >= 15 is 0 Å². The van der Waals surface area contributed by atoms with E-state index in [-0.39, 0.29) is 17.5 Å². The Bertz CT molecular complexity index is 535. The second-order valence-corrected chi connectivity index (χ2v) is 4.73. The zero-order valence-electron chi connectivity index (χ0n) is 10.8. The van der Waals surface area contributed by atoms with Gasteiger partial charge in [0.1, 0.15) is 0 Å². The van der Waals surface area contributed by atoms with Crippen molar-refractivity contribution in [3.8, 4) is 0 Å². The van der Waals surface area contributed by atoms with Gasteiger partial charge in [0.2, 0.25) is 0 Å². The van der Waals surface area contributed by atoms with E-state index in [1.165, 1.54) is 0 Å². The monoisotopic (exact) mass is 260 g/mol. The first-order valence-corrected chi connectivity index (χ1v) is 6.10. The van der Waals surface area contributed by atoms with Crippen LogP contribution in [0.1, 0.15) is 25.5 Å². The number of hydrogen-bond acceptors (Lipinski definition) is 2. The number of amides is 2. The molecular weight excluding hydrogens is 244 g/mol. The summed E-state index contributed by atoms with van der Waals surface area (Å²) in [4.78, 5) is 23.2. The topological polar surface area (TPSA) is 78.4 Å². The van der Waals surface area contributed by atoms with Gasteiger partial charge in [0, 0.05) is 5.70 Å². The first-order chi connectivity index (χ1) is 9.00. The van der Waals surface area contributed by atoms with E-state index in [0.717, 1.165) is 5.56 Å². The molecule has 5 heteroatoms. The minimum absolute atomic E-state index is 0.0663. The Kier molecular flexibility index (Phi) is 3.55. The molecule has 1 aromatic rings. The molecule has 2 amide bonds. The van der Waals surface area contributed by atoms with Gasteiger partial charge in [-0.15, -0.1) is 0 Å². The Morgan fingerprint density at radius 2 is 1.89 bits per heavy atom. The van der Waals surface area contributed by atoms with Crippen LogP contribution in [0.25, 0.3) is 0 Å². The van der Waals surface area contributed by atoms with Gasteiger partial charge in [-0.1, -0.05) is 44.2 Å². The van der Waals surface area contributed by atoms with Crippen molar-refractivity contribution in [1.29, 1.82) is 0 Å². The van der Waals surface area contributed by atoms with Crippen LogP contribution in [0, 0.1) is 5.92 Å². The third-order valence-electron chi connectivity index (χ3n) is 3.04. The van der Waals surface area contributed by atoms with E-state index in [1.54, 1.807) is 12.1 Å². The van der Waals surface area contributed by atoms with Gasteiger partial charge >= 0.3 is 12.0 Å². The maximum Gasteiger partial charge on any atom is 0.335 e. The van der Waals surface area contributed by atoms with Crippen molar-refractivity contribution in [2.24, 2.45) is 5.92 Å². The summed E-state index contributed by atoms with van der Waals surface area (Å²) in [5.74, 6) is -1.09. The molecule has 1 unspecified atom stereocenters. The summed E-state index contributed by atoms with van der Waals surface area (Å²) in [6, 6.07) is 8.09. The van der Waals surface area contributed by atoms with Gasteiger partial charge in [-0.05, 0) is 11.5 Å². The molecule has 0 bridgehead atoms. The molecule has 1 atom stereocenters. The molecule has 1 heterocycles. The summed E-state index contributed by atoms with van der Waals surface area (Å²) in [7, 11) is 0. The quantitative estimate of drug-likeness (QED) is 0.778. The predicted octanol–water partition coefficient (Wildman–Crippen LogP) is 2.04. The van der Waals surface area contributed by atoms with Crippen molar-refractivity contribution in [1.82, 2.24) is 10.6 Å². The molecule has 100 valence electrons. The third kappa shape index (κ3) is 2.59.